The van der Waals surface area contributed by atoms with Gasteiger partial charge in [-0.1, -0.05) is 29.3 Å². The lowest BCUT2D eigenvalue weighted by Gasteiger charge is -2.30. The molecule has 1 atom stereocenters. The van der Waals surface area contributed by atoms with Gasteiger partial charge in [-0.05, 0) is 25.2 Å². The Labute approximate surface area is 88.8 Å². The lowest BCUT2D eigenvalue weighted by Crippen LogP contribution is -2.38. The molecular weight excluding hydrogens is 230 g/mol. The molecule has 76 valence electrons. The minimum atomic E-state index is 0.0116. The molecule has 1 saturated carbocycles. The van der Waals surface area contributed by atoms with Gasteiger partial charge in [0.25, 0.3) is 0 Å². The van der Waals surface area contributed by atoms with Gasteiger partial charge in [0, 0.05) is 13.6 Å². The van der Waals surface area contributed by atoms with E-state index in [1.807, 2.05) is 18.9 Å². The molecule has 0 spiro atoms. The molecule has 0 aromatic rings. The second kappa shape index (κ2) is 4.99. The topological polar surface area (TPSA) is 20.3 Å². The van der Waals surface area contributed by atoms with Gasteiger partial charge in [-0.3, -0.25) is 4.79 Å². The third-order valence-electron chi connectivity index (χ3n) is 2.76. The van der Waals surface area contributed by atoms with E-state index in [0.29, 0.717) is 0 Å². The standard InChI is InChI=1S/C10H18BrNO/c1-3-9(11)10(13)12(2)7-8-5-4-6-8/h8-9H,3-7H2,1-2H3. The van der Waals surface area contributed by atoms with Gasteiger partial charge in [-0.2, -0.15) is 0 Å². The highest BCUT2D eigenvalue weighted by molar-refractivity contribution is 9.10. The molecular formula is C10H18BrNO. The van der Waals surface area contributed by atoms with Crippen LogP contribution in [-0.4, -0.2) is 29.2 Å². The summed E-state index contributed by atoms with van der Waals surface area (Å²) in [5, 5.41) is 0. The summed E-state index contributed by atoms with van der Waals surface area (Å²) < 4.78 is 0. The van der Waals surface area contributed by atoms with E-state index in [2.05, 4.69) is 15.9 Å². The lowest BCUT2D eigenvalue weighted by atomic mass is 9.85. The largest absolute Gasteiger partial charge is 0.345 e. The number of hydrogen-bond donors (Lipinski definition) is 0. The third-order valence-corrected chi connectivity index (χ3v) is 3.80. The van der Waals surface area contributed by atoms with E-state index in [1.165, 1.54) is 19.3 Å². The van der Waals surface area contributed by atoms with Crippen LogP contribution in [0.4, 0.5) is 0 Å². The van der Waals surface area contributed by atoms with E-state index in [-0.39, 0.29) is 10.7 Å². The third kappa shape index (κ3) is 2.97. The molecule has 0 aliphatic heterocycles. The second-order valence-electron chi connectivity index (χ2n) is 3.89. The highest BCUT2D eigenvalue weighted by Crippen LogP contribution is 2.27. The molecule has 1 unspecified atom stereocenters. The Hall–Kier alpha value is -0.0500. The molecule has 3 heteroatoms. The molecule has 0 aromatic carbocycles. The van der Waals surface area contributed by atoms with Gasteiger partial charge < -0.3 is 4.90 Å². The molecule has 1 amide bonds. The van der Waals surface area contributed by atoms with Gasteiger partial charge >= 0.3 is 0 Å². The SMILES string of the molecule is CCC(Br)C(=O)N(C)CC1CCC1. The van der Waals surface area contributed by atoms with Crippen molar-refractivity contribution in [2.24, 2.45) is 5.92 Å². The predicted molar refractivity (Wildman–Crippen MR) is 58.0 cm³/mol. The summed E-state index contributed by atoms with van der Waals surface area (Å²) in [4.78, 5) is 13.5. The van der Waals surface area contributed by atoms with E-state index in [4.69, 9.17) is 0 Å². The number of halogens is 1. The summed E-state index contributed by atoms with van der Waals surface area (Å²) >= 11 is 3.38. The maximum atomic E-state index is 11.6. The molecule has 1 aliphatic rings. The van der Waals surface area contributed by atoms with Gasteiger partial charge in [0.15, 0.2) is 0 Å². The van der Waals surface area contributed by atoms with Crippen molar-refractivity contribution in [1.82, 2.24) is 4.90 Å². The number of amides is 1. The summed E-state index contributed by atoms with van der Waals surface area (Å²) in [5.74, 6) is 1.000. The smallest absolute Gasteiger partial charge is 0.236 e. The van der Waals surface area contributed by atoms with Crippen LogP contribution < -0.4 is 0 Å². The number of carbonyl (C=O) groups is 1. The lowest BCUT2D eigenvalue weighted by molar-refractivity contribution is -0.130. The van der Waals surface area contributed by atoms with Crippen molar-refractivity contribution in [2.75, 3.05) is 13.6 Å². The Morgan fingerprint density at radius 1 is 1.62 bits per heavy atom. The highest BCUT2D eigenvalue weighted by atomic mass is 79.9. The molecule has 0 saturated heterocycles. The number of nitrogens with zero attached hydrogens (tertiary/aromatic N) is 1. The molecule has 0 radical (unpaired) electrons. The van der Waals surface area contributed by atoms with Crippen LogP contribution in [0.2, 0.25) is 0 Å². The first-order valence-electron chi connectivity index (χ1n) is 5.04. The molecule has 0 bridgehead atoms. The summed E-state index contributed by atoms with van der Waals surface area (Å²) in [6.45, 7) is 2.97. The van der Waals surface area contributed by atoms with E-state index in [0.717, 1.165) is 18.9 Å². The van der Waals surface area contributed by atoms with E-state index in [1.54, 1.807) is 0 Å². The van der Waals surface area contributed by atoms with E-state index >= 15 is 0 Å². The summed E-state index contributed by atoms with van der Waals surface area (Å²) in [6.07, 6.45) is 4.82. The molecule has 0 aromatic heterocycles. The maximum Gasteiger partial charge on any atom is 0.236 e. The van der Waals surface area contributed by atoms with Crippen LogP contribution in [0.1, 0.15) is 32.6 Å². The number of carbonyl (C=O) groups excluding carboxylic acids is 1. The first-order valence-corrected chi connectivity index (χ1v) is 5.95. The van der Waals surface area contributed by atoms with Gasteiger partial charge in [0.05, 0.1) is 4.83 Å². The minimum Gasteiger partial charge on any atom is -0.345 e. The molecule has 2 nitrogen and oxygen atoms in total. The quantitative estimate of drug-likeness (QED) is 0.699. The minimum absolute atomic E-state index is 0.0116. The Morgan fingerprint density at radius 3 is 2.62 bits per heavy atom. The fraction of sp³-hybridized carbons (Fsp3) is 0.900. The van der Waals surface area contributed by atoms with Crippen LogP contribution in [0.15, 0.2) is 0 Å². The van der Waals surface area contributed by atoms with Gasteiger partial charge in [0.2, 0.25) is 5.91 Å². The van der Waals surface area contributed by atoms with Crippen molar-refractivity contribution < 1.29 is 4.79 Å². The molecule has 1 aliphatic carbocycles. The normalized spacial score (nSPS) is 19.3. The fourth-order valence-electron chi connectivity index (χ4n) is 1.57. The average Bonchev–Trinajstić information content (AvgIpc) is 2.08. The summed E-state index contributed by atoms with van der Waals surface area (Å²) in [5.41, 5.74) is 0. The first-order chi connectivity index (χ1) is 6.15. The number of rotatable bonds is 4. The first kappa shape index (κ1) is 11.0. The molecule has 0 N–H and O–H groups in total. The van der Waals surface area contributed by atoms with Crippen LogP contribution in [0.5, 0.6) is 0 Å². The zero-order valence-corrected chi connectivity index (χ0v) is 10.0. The van der Waals surface area contributed by atoms with Gasteiger partial charge in [-0.15, -0.1) is 0 Å². The number of hydrogen-bond acceptors (Lipinski definition) is 1. The zero-order valence-electron chi connectivity index (χ0n) is 8.42. The van der Waals surface area contributed by atoms with Crippen LogP contribution in [0.3, 0.4) is 0 Å². The Bertz CT molecular complexity index is 180. The van der Waals surface area contributed by atoms with E-state index in [9.17, 15) is 4.79 Å². The van der Waals surface area contributed by atoms with Gasteiger partial charge in [0.1, 0.15) is 0 Å². The molecule has 13 heavy (non-hydrogen) atoms. The summed E-state index contributed by atoms with van der Waals surface area (Å²) in [6, 6.07) is 0. The average molecular weight is 248 g/mol. The van der Waals surface area contributed by atoms with Gasteiger partial charge in [-0.25, -0.2) is 0 Å². The van der Waals surface area contributed by atoms with Crippen molar-refractivity contribution in [2.45, 2.75) is 37.4 Å². The Morgan fingerprint density at radius 2 is 2.23 bits per heavy atom. The molecule has 0 heterocycles. The predicted octanol–water partition coefficient (Wildman–Crippen LogP) is 2.42. The Balaban J connectivity index is 2.28. The van der Waals surface area contributed by atoms with Crippen molar-refractivity contribution in [1.29, 1.82) is 0 Å². The maximum absolute atomic E-state index is 11.6. The Kier molecular flexibility index (Phi) is 4.23. The van der Waals surface area contributed by atoms with Crippen molar-refractivity contribution >= 4 is 21.8 Å². The number of alkyl halides is 1. The zero-order chi connectivity index (χ0) is 9.84. The fourth-order valence-corrected chi connectivity index (χ4v) is 1.92. The van der Waals surface area contributed by atoms with Crippen molar-refractivity contribution in [3.05, 3.63) is 0 Å². The van der Waals surface area contributed by atoms with Crippen LogP contribution in [0, 0.1) is 5.92 Å². The molecule has 1 rings (SSSR count). The highest BCUT2D eigenvalue weighted by Gasteiger charge is 2.23. The van der Waals surface area contributed by atoms with Crippen LogP contribution >= 0.6 is 15.9 Å². The van der Waals surface area contributed by atoms with Crippen LogP contribution in [-0.2, 0) is 4.79 Å². The van der Waals surface area contributed by atoms with Crippen molar-refractivity contribution in [3.8, 4) is 0 Å². The van der Waals surface area contributed by atoms with E-state index < -0.39 is 0 Å². The van der Waals surface area contributed by atoms with Crippen LogP contribution in [0.25, 0.3) is 0 Å². The summed E-state index contributed by atoms with van der Waals surface area (Å²) in [7, 11) is 1.91. The van der Waals surface area contributed by atoms with Crippen molar-refractivity contribution in [3.63, 3.8) is 0 Å². The monoisotopic (exact) mass is 247 g/mol. The molecule has 1 fully saturated rings. The second-order valence-corrected chi connectivity index (χ2v) is 5.00.